The molecule has 1 unspecified atom stereocenters. The molecule has 0 spiro atoms. The molecule has 5 rings (SSSR count). The fourth-order valence-electron chi connectivity index (χ4n) is 4.47. The predicted octanol–water partition coefficient (Wildman–Crippen LogP) is 4.59. The number of dihydropyridines is 1. The Morgan fingerprint density at radius 2 is 1.72 bits per heavy atom. The zero-order valence-corrected chi connectivity index (χ0v) is 22.0. The second-order valence-corrected chi connectivity index (χ2v) is 9.61. The van der Waals surface area contributed by atoms with Crippen molar-refractivity contribution in [1.29, 1.82) is 0 Å². The van der Waals surface area contributed by atoms with E-state index in [1.54, 1.807) is 50.9 Å². The fraction of sp³-hybridized carbons (Fsp3) is 0.250. The number of nitrogens with one attached hydrogen (secondary N) is 3. The van der Waals surface area contributed by atoms with Gasteiger partial charge in [-0.1, -0.05) is 18.0 Å². The molecule has 9 nitrogen and oxygen atoms in total. The van der Waals surface area contributed by atoms with Gasteiger partial charge in [0.15, 0.2) is 11.5 Å². The molecule has 1 aliphatic carbocycles. The molecule has 2 aromatic carbocycles. The van der Waals surface area contributed by atoms with Gasteiger partial charge in [0.1, 0.15) is 17.0 Å². The van der Waals surface area contributed by atoms with Crippen molar-refractivity contribution >= 4 is 40.0 Å². The number of halogens is 2. The third kappa shape index (κ3) is 5.20. The number of carbonyl (C=O) groups excluding carboxylic acids is 2. The minimum atomic E-state index is -1.22. The van der Waals surface area contributed by atoms with E-state index in [9.17, 15) is 14.0 Å². The molecule has 11 heteroatoms. The van der Waals surface area contributed by atoms with Crippen molar-refractivity contribution in [3.05, 3.63) is 77.5 Å². The Balaban J connectivity index is 1.27. The van der Waals surface area contributed by atoms with Gasteiger partial charge in [-0.15, -0.1) is 0 Å². The first-order valence-corrected chi connectivity index (χ1v) is 12.6. The van der Waals surface area contributed by atoms with E-state index in [-0.39, 0.29) is 5.03 Å². The van der Waals surface area contributed by atoms with Crippen LogP contribution in [-0.2, 0) is 9.59 Å². The summed E-state index contributed by atoms with van der Waals surface area (Å²) < 4.78 is 30.1. The fourth-order valence-corrected chi connectivity index (χ4v) is 4.70. The number of methoxy groups -OCH3 is 2. The van der Waals surface area contributed by atoms with Crippen LogP contribution in [0, 0.1) is 11.2 Å². The lowest BCUT2D eigenvalue weighted by Crippen LogP contribution is -2.53. The van der Waals surface area contributed by atoms with E-state index < -0.39 is 29.3 Å². The number of nitrogens with zero attached hydrogens (tertiary/aromatic N) is 1. The molecule has 0 bridgehead atoms. The summed E-state index contributed by atoms with van der Waals surface area (Å²) in [6.07, 6.45) is 5.55. The maximum Gasteiger partial charge on any atom is 0.240 e. The highest BCUT2D eigenvalue weighted by atomic mass is 35.5. The van der Waals surface area contributed by atoms with E-state index in [0.29, 0.717) is 52.4 Å². The van der Waals surface area contributed by atoms with E-state index in [0.717, 1.165) is 6.42 Å². The molecule has 39 heavy (non-hydrogen) atoms. The number of benzene rings is 2. The molecular formula is C28H26ClFN4O5. The average molecular weight is 553 g/mol. The highest BCUT2D eigenvalue weighted by Gasteiger charge is 2.51. The number of hydrogen-bond donors (Lipinski definition) is 3. The van der Waals surface area contributed by atoms with Crippen molar-refractivity contribution in [2.75, 3.05) is 19.5 Å². The normalized spacial score (nSPS) is 17.6. The van der Waals surface area contributed by atoms with Crippen LogP contribution in [0.2, 0.25) is 0 Å². The summed E-state index contributed by atoms with van der Waals surface area (Å²) in [6, 6.07) is 10.6. The molecule has 3 aromatic rings. The number of amides is 2. The first kappa shape index (κ1) is 26.3. The SMILES string of the molecule is COc1cc2nccc(OC3NC=C(NC(=O)C4(C(=O)Nc5ccc(F)cc5)CCC4)C=C3Cl)c2cc1OC. The zero-order valence-electron chi connectivity index (χ0n) is 21.2. The summed E-state index contributed by atoms with van der Waals surface area (Å²) in [5.74, 6) is 0.292. The van der Waals surface area contributed by atoms with Gasteiger partial charge < -0.3 is 30.2 Å². The molecule has 1 atom stereocenters. The van der Waals surface area contributed by atoms with Crippen LogP contribution in [0.3, 0.4) is 0 Å². The largest absolute Gasteiger partial charge is 0.493 e. The molecule has 2 aliphatic rings. The first-order chi connectivity index (χ1) is 18.8. The molecular weight excluding hydrogens is 527 g/mol. The van der Waals surface area contributed by atoms with Crippen LogP contribution in [0.15, 0.2) is 71.7 Å². The Morgan fingerprint density at radius 1 is 1.03 bits per heavy atom. The van der Waals surface area contributed by atoms with Crippen molar-refractivity contribution in [3.8, 4) is 17.2 Å². The van der Waals surface area contributed by atoms with Gasteiger partial charge in [0.25, 0.3) is 0 Å². The second-order valence-electron chi connectivity index (χ2n) is 9.18. The summed E-state index contributed by atoms with van der Waals surface area (Å²) in [4.78, 5) is 30.6. The number of anilines is 1. The number of ether oxygens (including phenoxy) is 3. The van der Waals surface area contributed by atoms with E-state index >= 15 is 0 Å². The van der Waals surface area contributed by atoms with E-state index in [1.165, 1.54) is 24.3 Å². The number of allylic oxidation sites excluding steroid dienone is 1. The lowest BCUT2D eigenvalue weighted by Gasteiger charge is -2.38. The third-order valence-corrected chi connectivity index (χ3v) is 7.13. The third-order valence-electron chi connectivity index (χ3n) is 6.82. The van der Waals surface area contributed by atoms with Crippen molar-refractivity contribution < 1.29 is 28.2 Å². The summed E-state index contributed by atoms with van der Waals surface area (Å²) >= 11 is 6.52. The molecule has 2 amide bonds. The van der Waals surface area contributed by atoms with Crippen LogP contribution in [0.25, 0.3) is 10.9 Å². The van der Waals surface area contributed by atoms with E-state index in [2.05, 4.69) is 20.9 Å². The minimum absolute atomic E-state index is 0.289. The molecule has 202 valence electrons. The molecule has 0 radical (unpaired) electrons. The van der Waals surface area contributed by atoms with Gasteiger partial charge in [0.2, 0.25) is 18.0 Å². The average Bonchev–Trinajstić information content (AvgIpc) is 2.90. The van der Waals surface area contributed by atoms with E-state index in [1.807, 2.05) is 0 Å². The van der Waals surface area contributed by atoms with Gasteiger partial charge in [-0.3, -0.25) is 14.6 Å². The van der Waals surface area contributed by atoms with Gasteiger partial charge in [-0.2, -0.15) is 0 Å². The molecule has 0 saturated heterocycles. The second kappa shape index (κ2) is 10.8. The van der Waals surface area contributed by atoms with Gasteiger partial charge in [-0.25, -0.2) is 4.39 Å². The number of rotatable bonds is 8. The van der Waals surface area contributed by atoms with Crippen LogP contribution in [0.4, 0.5) is 10.1 Å². The topological polar surface area (TPSA) is 111 Å². The standard InChI is InChI=1S/C28H26ClFN4O5/c1-37-23-13-19-21(14-24(23)38-2)31-11-8-22(19)39-25-20(29)12-18(15-32-25)34-27(36)28(9-3-10-28)26(35)33-17-6-4-16(30)5-7-17/h4-8,11-15,25,32H,3,9-10H2,1-2H3,(H,33,35)(H,34,36). The van der Waals surface area contributed by atoms with Crippen LogP contribution in [0.5, 0.6) is 17.2 Å². The van der Waals surface area contributed by atoms with Crippen LogP contribution in [-0.4, -0.2) is 37.2 Å². The lowest BCUT2D eigenvalue weighted by atomic mass is 9.67. The van der Waals surface area contributed by atoms with Crippen molar-refractivity contribution in [1.82, 2.24) is 15.6 Å². The molecule has 1 fully saturated rings. The van der Waals surface area contributed by atoms with Crippen LogP contribution < -0.4 is 30.2 Å². The van der Waals surface area contributed by atoms with Crippen molar-refractivity contribution in [3.63, 3.8) is 0 Å². The Bertz CT molecular complexity index is 1490. The number of pyridine rings is 1. The zero-order chi connectivity index (χ0) is 27.6. The Labute approximate surface area is 229 Å². The minimum Gasteiger partial charge on any atom is -0.493 e. The highest BCUT2D eigenvalue weighted by Crippen LogP contribution is 2.42. The smallest absolute Gasteiger partial charge is 0.240 e. The summed E-state index contributed by atoms with van der Waals surface area (Å²) in [7, 11) is 3.09. The summed E-state index contributed by atoms with van der Waals surface area (Å²) in [5, 5.41) is 9.54. The van der Waals surface area contributed by atoms with Crippen LogP contribution >= 0.6 is 11.6 Å². The monoisotopic (exact) mass is 552 g/mol. The number of aromatic nitrogens is 1. The Morgan fingerprint density at radius 3 is 2.36 bits per heavy atom. The number of hydrogen-bond acceptors (Lipinski definition) is 7. The first-order valence-electron chi connectivity index (χ1n) is 12.2. The van der Waals surface area contributed by atoms with Gasteiger partial charge in [0, 0.05) is 29.5 Å². The predicted molar refractivity (Wildman–Crippen MR) is 144 cm³/mol. The van der Waals surface area contributed by atoms with Crippen molar-refractivity contribution in [2.45, 2.75) is 25.5 Å². The number of carbonyl (C=O) groups is 2. The summed E-state index contributed by atoms with van der Waals surface area (Å²) in [6.45, 7) is 0. The van der Waals surface area contributed by atoms with Crippen molar-refractivity contribution in [2.24, 2.45) is 5.41 Å². The van der Waals surface area contributed by atoms with Gasteiger partial charge in [-0.05, 0) is 55.3 Å². The molecule has 1 aliphatic heterocycles. The highest BCUT2D eigenvalue weighted by molar-refractivity contribution is 6.30. The summed E-state index contributed by atoms with van der Waals surface area (Å²) in [5.41, 5.74) is 0.228. The van der Waals surface area contributed by atoms with Crippen LogP contribution in [0.1, 0.15) is 19.3 Å². The maximum atomic E-state index is 13.2. The van der Waals surface area contributed by atoms with Gasteiger partial charge >= 0.3 is 0 Å². The molecule has 1 saturated carbocycles. The lowest BCUT2D eigenvalue weighted by molar-refractivity contribution is -0.145. The molecule has 1 aromatic heterocycles. The Hall–Kier alpha value is -4.31. The molecule has 2 heterocycles. The molecule has 3 N–H and O–H groups in total. The quantitative estimate of drug-likeness (QED) is 0.351. The maximum absolute atomic E-state index is 13.2. The Kier molecular flexibility index (Phi) is 7.30. The van der Waals surface area contributed by atoms with E-state index in [4.69, 9.17) is 25.8 Å². The number of fused-ring (bicyclic) bond motifs is 1. The van der Waals surface area contributed by atoms with Gasteiger partial charge in [0.05, 0.1) is 30.5 Å².